The van der Waals surface area contributed by atoms with Crippen LogP contribution in [0.3, 0.4) is 0 Å². The van der Waals surface area contributed by atoms with E-state index in [1.807, 2.05) is 24.3 Å². The van der Waals surface area contributed by atoms with Gasteiger partial charge in [0.25, 0.3) is 0 Å². The Balaban J connectivity index is 4.52. The lowest BCUT2D eigenvalue weighted by atomic mass is 9.82. The first-order valence-electron chi connectivity index (χ1n) is 5.78. The lowest BCUT2D eigenvalue weighted by Gasteiger charge is -2.33. The van der Waals surface area contributed by atoms with Gasteiger partial charge in [0.2, 0.25) is 0 Å². The molecule has 0 bridgehead atoms. The third-order valence-electron chi connectivity index (χ3n) is 2.65. The molecule has 0 saturated heterocycles. The minimum Gasteiger partial charge on any atom is -0.295 e. The summed E-state index contributed by atoms with van der Waals surface area (Å²) in [5.74, 6) is 0. The molecule has 0 amide bonds. The van der Waals surface area contributed by atoms with Gasteiger partial charge in [0, 0.05) is 19.6 Å². The van der Waals surface area contributed by atoms with Crippen molar-refractivity contribution in [2.45, 2.75) is 19.8 Å². The van der Waals surface area contributed by atoms with Gasteiger partial charge in [-0.3, -0.25) is 4.90 Å². The maximum atomic E-state index is 3.83. The number of nitrogens with zero attached hydrogens (tertiary/aromatic N) is 1. The quantitative estimate of drug-likeness (QED) is 0.505. The summed E-state index contributed by atoms with van der Waals surface area (Å²) < 4.78 is 0. The van der Waals surface area contributed by atoms with Crippen molar-refractivity contribution in [2.24, 2.45) is 5.41 Å². The molecule has 16 heavy (non-hydrogen) atoms. The van der Waals surface area contributed by atoms with Crippen LogP contribution in [-0.2, 0) is 0 Å². The Morgan fingerprint density at radius 3 is 1.62 bits per heavy atom. The molecule has 1 heteroatoms. The second-order valence-electron chi connectivity index (χ2n) is 4.57. The number of allylic oxidation sites excluding steroid dienone is 2. The average molecular weight is 219 g/mol. The zero-order valence-corrected chi connectivity index (χ0v) is 10.6. The van der Waals surface area contributed by atoms with Gasteiger partial charge in [-0.15, -0.1) is 26.3 Å². The molecule has 0 aromatic rings. The highest BCUT2D eigenvalue weighted by Gasteiger charge is 2.23. The van der Waals surface area contributed by atoms with Gasteiger partial charge in [-0.05, 0) is 18.3 Å². The van der Waals surface area contributed by atoms with E-state index in [-0.39, 0.29) is 5.41 Å². The van der Waals surface area contributed by atoms with Crippen LogP contribution in [0.15, 0.2) is 50.6 Å². The molecule has 0 aromatic carbocycles. The van der Waals surface area contributed by atoms with Crippen LogP contribution in [0.5, 0.6) is 0 Å². The zero-order valence-electron chi connectivity index (χ0n) is 10.6. The summed E-state index contributed by atoms with van der Waals surface area (Å²) in [6.07, 6.45) is 9.86. The monoisotopic (exact) mass is 219 g/mol. The number of hydrogen-bond acceptors (Lipinski definition) is 1. The van der Waals surface area contributed by atoms with Crippen LogP contribution in [0.4, 0.5) is 0 Å². The predicted molar refractivity (Wildman–Crippen MR) is 74.6 cm³/mol. The minimum atomic E-state index is 0.218. The Morgan fingerprint density at radius 2 is 1.31 bits per heavy atom. The van der Waals surface area contributed by atoms with E-state index in [0.29, 0.717) is 0 Å². The largest absolute Gasteiger partial charge is 0.295 e. The molecule has 0 fully saturated rings. The molecule has 0 atom stereocenters. The van der Waals surface area contributed by atoms with Gasteiger partial charge in [0.1, 0.15) is 0 Å². The minimum absolute atomic E-state index is 0.218. The van der Waals surface area contributed by atoms with Crippen molar-refractivity contribution in [1.29, 1.82) is 0 Å². The summed E-state index contributed by atoms with van der Waals surface area (Å²) in [7, 11) is 0. The highest BCUT2D eigenvalue weighted by atomic mass is 15.1. The van der Waals surface area contributed by atoms with Gasteiger partial charge < -0.3 is 0 Å². The first-order valence-corrected chi connectivity index (χ1v) is 5.78. The molecule has 1 nitrogen and oxygen atoms in total. The number of hydrogen-bond donors (Lipinski definition) is 0. The Kier molecular flexibility index (Phi) is 7.57. The fourth-order valence-electron chi connectivity index (χ4n) is 2.02. The van der Waals surface area contributed by atoms with E-state index >= 15 is 0 Å². The van der Waals surface area contributed by atoms with Crippen molar-refractivity contribution >= 4 is 0 Å². The van der Waals surface area contributed by atoms with Crippen molar-refractivity contribution in [3.8, 4) is 0 Å². The molecule has 0 heterocycles. The Hall–Kier alpha value is -1.08. The highest BCUT2D eigenvalue weighted by molar-refractivity contribution is 4.92. The normalized spacial score (nSPS) is 11.1. The first-order chi connectivity index (χ1) is 7.61. The van der Waals surface area contributed by atoms with Crippen molar-refractivity contribution in [2.75, 3.05) is 19.6 Å². The van der Waals surface area contributed by atoms with Crippen LogP contribution < -0.4 is 0 Å². The van der Waals surface area contributed by atoms with Gasteiger partial charge in [0.15, 0.2) is 0 Å². The zero-order chi connectivity index (χ0) is 12.4. The molecule has 0 spiro atoms. The van der Waals surface area contributed by atoms with E-state index in [4.69, 9.17) is 0 Å². The van der Waals surface area contributed by atoms with E-state index in [9.17, 15) is 0 Å². The molecule has 0 aliphatic carbocycles. The molecule has 0 aliphatic rings. The summed E-state index contributed by atoms with van der Waals surface area (Å²) in [6, 6.07) is 0. The second-order valence-corrected chi connectivity index (χ2v) is 4.57. The van der Waals surface area contributed by atoms with Crippen molar-refractivity contribution in [1.82, 2.24) is 4.90 Å². The standard InChI is InChI=1S/C15H25N/c1-6-10-15(5,11-7-2)14-16(12-8-3)13-9-4/h6-9H,1-4,10-14H2,5H3. The van der Waals surface area contributed by atoms with Crippen molar-refractivity contribution in [3.05, 3.63) is 50.6 Å². The fourth-order valence-corrected chi connectivity index (χ4v) is 2.02. The Morgan fingerprint density at radius 1 is 0.875 bits per heavy atom. The van der Waals surface area contributed by atoms with E-state index in [0.717, 1.165) is 32.5 Å². The first kappa shape index (κ1) is 14.9. The van der Waals surface area contributed by atoms with Gasteiger partial charge in [-0.25, -0.2) is 0 Å². The summed E-state index contributed by atoms with van der Waals surface area (Å²) in [5.41, 5.74) is 0.218. The summed E-state index contributed by atoms with van der Waals surface area (Å²) in [4.78, 5) is 2.34. The SMILES string of the molecule is C=CCN(CC=C)CC(C)(CC=C)CC=C. The van der Waals surface area contributed by atoms with Crippen LogP contribution in [0.25, 0.3) is 0 Å². The van der Waals surface area contributed by atoms with Crippen LogP contribution in [-0.4, -0.2) is 24.5 Å². The van der Waals surface area contributed by atoms with E-state index < -0.39 is 0 Å². The molecule has 0 aliphatic heterocycles. The Labute approximate surface area is 101 Å². The highest BCUT2D eigenvalue weighted by Crippen LogP contribution is 2.28. The lowest BCUT2D eigenvalue weighted by Crippen LogP contribution is -2.36. The molecule has 0 rings (SSSR count). The smallest absolute Gasteiger partial charge is 0.0164 e. The summed E-state index contributed by atoms with van der Waals surface area (Å²) in [6.45, 7) is 20.3. The molecule has 0 N–H and O–H groups in total. The fraction of sp³-hybridized carbons (Fsp3) is 0.467. The van der Waals surface area contributed by atoms with Gasteiger partial charge in [-0.2, -0.15) is 0 Å². The van der Waals surface area contributed by atoms with Crippen LogP contribution in [0, 0.1) is 5.41 Å². The van der Waals surface area contributed by atoms with Crippen molar-refractivity contribution < 1.29 is 0 Å². The predicted octanol–water partition coefficient (Wildman–Crippen LogP) is 3.82. The topological polar surface area (TPSA) is 3.24 Å². The average Bonchev–Trinajstić information content (AvgIpc) is 2.18. The molecular formula is C15H25N. The molecule has 90 valence electrons. The molecule has 0 radical (unpaired) electrons. The molecule has 0 saturated carbocycles. The molecule has 0 aromatic heterocycles. The summed E-state index contributed by atoms with van der Waals surface area (Å²) in [5, 5.41) is 0. The van der Waals surface area contributed by atoms with Crippen LogP contribution in [0.1, 0.15) is 19.8 Å². The van der Waals surface area contributed by atoms with E-state index in [1.54, 1.807) is 0 Å². The van der Waals surface area contributed by atoms with Crippen LogP contribution >= 0.6 is 0 Å². The van der Waals surface area contributed by atoms with E-state index in [1.165, 1.54) is 0 Å². The third kappa shape index (κ3) is 5.72. The van der Waals surface area contributed by atoms with Crippen LogP contribution in [0.2, 0.25) is 0 Å². The van der Waals surface area contributed by atoms with Crippen molar-refractivity contribution in [3.63, 3.8) is 0 Å². The summed E-state index contributed by atoms with van der Waals surface area (Å²) >= 11 is 0. The number of rotatable bonds is 10. The Bertz CT molecular complexity index is 220. The van der Waals surface area contributed by atoms with E-state index in [2.05, 4.69) is 38.1 Å². The maximum absolute atomic E-state index is 3.83. The van der Waals surface area contributed by atoms with Gasteiger partial charge in [0.05, 0.1) is 0 Å². The second kappa shape index (κ2) is 8.12. The third-order valence-corrected chi connectivity index (χ3v) is 2.65. The maximum Gasteiger partial charge on any atom is 0.0164 e. The molecule has 0 unspecified atom stereocenters. The van der Waals surface area contributed by atoms with Gasteiger partial charge in [-0.1, -0.05) is 31.2 Å². The van der Waals surface area contributed by atoms with Gasteiger partial charge >= 0.3 is 0 Å². The lowest BCUT2D eigenvalue weighted by molar-refractivity contribution is 0.193. The molecular weight excluding hydrogens is 194 g/mol.